The van der Waals surface area contributed by atoms with Gasteiger partial charge in [-0.3, -0.25) is 4.79 Å². The maximum absolute atomic E-state index is 12.2. The molecule has 4 heteroatoms. The van der Waals surface area contributed by atoms with Gasteiger partial charge in [0.2, 0.25) is 0 Å². The van der Waals surface area contributed by atoms with Crippen molar-refractivity contribution in [2.75, 3.05) is 45.2 Å². The molecule has 2 saturated heterocycles. The van der Waals surface area contributed by atoms with Gasteiger partial charge >= 0.3 is 0 Å². The highest BCUT2D eigenvalue weighted by Gasteiger charge is 2.24. The van der Waals surface area contributed by atoms with E-state index in [0.29, 0.717) is 0 Å². The Bertz CT molecular complexity index is 585. The number of carbonyl (C=O) groups is 1. The summed E-state index contributed by atoms with van der Waals surface area (Å²) < 4.78 is 0. The number of benzene rings is 1. The number of anilines is 1. The third kappa shape index (κ3) is 4.55. The van der Waals surface area contributed by atoms with Crippen molar-refractivity contribution < 1.29 is 4.79 Å². The van der Waals surface area contributed by atoms with Crippen LogP contribution in [0.5, 0.6) is 0 Å². The summed E-state index contributed by atoms with van der Waals surface area (Å²) in [6.07, 6.45) is 6.76. The summed E-state index contributed by atoms with van der Waals surface area (Å²) in [6, 6.07) is 6.30. The zero-order chi connectivity index (χ0) is 17.8. The van der Waals surface area contributed by atoms with Crippen LogP contribution in [0.25, 0.3) is 0 Å². The zero-order valence-corrected chi connectivity index (χ0v) is 16.1. The molecule has 1 aromatic rings. The molecule has 3 rings (SSSR count). The summed E-state index contributed by atoms with van der Waals surface area (Å²) in [5, 5.41) is 3.47. The Morgan fingerprint density at radius 3 is 2.36 bits per heavy atom. The first-order valence-corrected chi connectivity index (χ1v) is 9.82. The van der Waals surface area contributed by atoms with Gasteiger partial charge in [0.05, 0.1) is 0 Å². The van der Waals surface area contributed by atoms with E-state index in [4.69, 9.17) is 0 Å². The Balaban J connectivity index is 1.55. The van der Waals surface area contributed by atoms with Gasteiger partial charge in [-0.05, 0) is 87.7 Å². The van der Waals surface area contributed by atoms with E-state index in [9.17, 15) is 4.79 Å². The quantitative estimate of drug-likeness (QED) is 0.911. The molecule has 0 bridgehead atoms. The lowest BCUT2D eigenvalue weighted by Gasteiger charge is -2.36. The van der Waals surface area contributed by atoms with E-state index in [1.54, 1.807) is 4.90 Å². The first-order chi connectivity index (χ1) is 12.0. The zero-order valence-electron chi connectivity index (χ0n) is 16.1. The number of nitrogens with one attached hydrogen (secondary N) is 1. The summed E-state index contributed by atoms with van der Waals surface area (Å²) in [7, 11) is 3.62. The standard InChI is InChI=1S/C21H33N3O/c1-16-14-19(4-5-20(16)21(25)23(2)3)24-12-8-18(9-13-24)15-17-6-10-22-11-7-17/h4-5,14,17-18,22H,6-13,15H2,1-3H3. The summed E-state index contributed by atoms with van der Waals surface area (Å²) in [5.41, 5.74) is 3.16. The molecule has 2 aliphatic rings. The second kappa shape index (κ2) is 8.22. The van der Waals surface area contributed by atoms with E-state index in [-0.39, 0.29) is 5.91 Å². The van der Waals surface area contributed by atoms with Gasteiger partial charge < -0.3 is 15.1 Å². The number of hydrogen-bond acceptors (Lipinski definition) is 3. The second-order valence-electron chi connectivity index (χ2n) is 8.06. The number of piperidine rings is 2. The molecule has 25 heavy (non-hydrogen) atoms. The molecule has 4 nitrogen and oxygen atoms in total. The van der Waals surface area contributed by atoms with Crippen molar-refractivity contribution in [2.45, 2.75) is 39.0 Å². The minimum atomic E-state index is 0.0877. The third-order valence-corrected chi connectivity index (χ3v) is 5.95. The highest BCUT2D eigenvalue weighted by molar-refractivity contribution is 5.95. The third-order valence-electron chi connectivity index (χ3n) is 5.95. The number of carbonyl (C=O) groups excluding carboxylic acids is 1. The fourth-order valence-corrected chi connectivity index (χ4v) is 4.34. The van der Waals surface area contributed by atoms with Crippen molar-refractivity contribution in [1.29, 1.82) is 0 Å². The van der Waals surface area contributed by atoms with Gasteiger partial charge in [-0.25, -0.2) is 0 Å². The van der Waals surface area contributed by atoms with E-state index < -0.39 is 0 Å². The van der Waals surface area contributed by atoms with Crippen LogP contribution in [0.15, 0.2) is 18.2 Å². The molecule has 0 unspecified atom stereocenters. The molecule has 0 atom stereocenters. The highest BCUT2D eigenvalue weighted by Crippen LogP contribution is 2.31. The predicted molar refractivity (Wildman–Crippen MR) is 104 cm³/mol. The Hall–Kier alpha value is -1.55. The SMILES string of the molecule is Cc1cc(N2CCC(CC3CCNCC3)CC2)ccc1C(=O)N(C)C. The van der Waals surface area contributed by atoms with E-state index in [1.165, 1.54) is 50.9 Å². The van der Waals surface area contributed by atoms with Gasteiger partial charge in [0.25, 0.3) is 5.91 Å². The lowest BCUT2D eigenvalue weighted by atomic mass is 9.83. The topological polar surface area (TPSA) is 35.6 Å². The molecule has 138 valence electrons. The molecule has 0 aromatic heterocycles. The Morgan fingerprint density at radius 2 is 1.76 bits per heavy atom. The summed E-state index contributed by atoms with van der Waals surface area (Å²) in [4.78, 5) is 16.3. The van der Waals surface area contributed by atoms with Crippen LogP contribution in [0, 0.1) is 18.8 Å². The van der Waals surface area contributed by atoms with Crippen molar-refractivity contribution in [3.05, 3.63) is 29.3 Å². The molecule has 0 spiro atoms. The Morgan fingerprint density at radius 1 is 1.12 bits per heavy atom. The number of hydrogen-bond donors (Lipinski definition) is 1. The fourth-order valence-electron chi connectivity index (χ4n) is 4.34. The summed E-state index contributed by atoms with van der Waals surface area (Å²) in [5.74, 6) is 1.93. The Labute approximate surface area is 152 Å². The molecular formula is C21H33N3O. The lowest BCUT2D eigenvalue weighted by molar-refractivity contribution is 0.0827. The van der Waals surface area contributed by atoms with E-state index >= 15 is 0 Å². The average Bonchev–Trinajstić information content (AvgIpc) is 2.62. The van der Waals surface area contributed by atoms with Gasteiger partial charge in [0.15, 0.2) is 0 Å². The number of rotatable bonds is 4. The van der Waals surface area contributed by atoms with Crippen LogP contribution in [-0.4, -0.2) is 51.1 Å². The van der Waals surface area contributed by atoms with Crippen molar-refractivity contribution >= 4 is 11.6 Å². The van der Waals surface area contributed by atoms with Crippen molar-refractivity contribution in [3.63, 3.8) is 0 Å². The van der Waals surface area contributed by atoms with Gasteiger partial charge in [-0.1, -0.05) is 0 Å². The average molecular weight is 344 g/mol. The molecule has 1 aromatic carbocycles. The Kier molecular flexibility index (Phi) is 6.00. The van der Waals surface area contributed by atoms with E-state index in [0.717, 1.165) is 36.1 Å². The van der Waals surface area contributed by atoms with Crippen molar-refractivity contribution in [2.24, 2.45) is 11.8 Å². The summed E-state index contributed by atoms with van der Waals surface area (Å²) >= 11 is 0. The molecule has 2 heterocycles. The van der Waals surface area contributed by atoms with Crippen LogP contribution in [-0.2, 0) is 0 Å². The largest absolute Gasteiger partial charge is 0.372 e. The van der Waals surface area contributed by atoms with E-state index in [2.05, 4.69) is 22.3 Å². The van der Waals surface area contributed by atoms with Crippen LogP contribution in [0.3, 0.4) is 0 Å². The molecule has 2 fully saturated rings. The number of aryl methyl sites for hydroxylation is 1. The molecule has 1 N–H and O–H groups in total. The van der Waals surface area contributed by atoms with Crippen molar-refractivity contribution in [1.82, 2.24) is 10.2 Å². The fraction of sp³-hybridized carbons (Fsp3) is 0.667. The second-order valence-corrected chi connectivity index (χ2v) is 8.06. The predicted octanol–water partition coefficient (Wildman–Crippen LogP) is 3.30. The number of nitrogens with zero attached hydrogens (tertiary/aromatic N) is 2. The van der Waals surface area contributed by atoms with Crippen LogP contribution >= 0.6 is 0 Å². The van der Waals surface area contributed by atoms with E-state index in [1.807, 2.05) is 27.1 Å². The smallest absolute Gasteiger partial charge is 0.253 e. The molecule has 0 saturated carbocycles. The van der Waals surface area contributed by atoms with Gasteiger partial charge in [-0.15, -0.1) is 0 Å². The first-order valence-electron chi connectivity index (χ1n) is 9.82. The molecule has 1 amide bonds. The monoisotopic (exact) mass is 343 g/mol. The maximum Gasteiger partial charge on any atom is 0.253 e. The molecule has 0 radical (unpaired) electrons. The van der Waals surface area contributed by atoms with Gasteiger partial charge in [0.1, 0.15) is 0 Å². The van der Waals surface area contributed by atoms with Gasteiger partial charge in [0, 0.05) is 38.4 Å². The molecule has 0 aliphatic carbocycles. The first kappa shape index (κ1) is 18.2. The highest BCUT2D eigenvalue weighted by atomic mass is 16.2. The number of amides is 1. The lowest BCUT2D eigenvalue weighted by Crippen LogP contribution is -2.35. The maximum atomic E-state index is 12.2. The minimum absolute atomic E-state index is 0.0877. The van der Waals surface area contributed by atoms with Crippen molar-refractivity contribution in [3.8, 4) is 0 Å². The van der Waals surface area contributed by atoms with Crippen LogP contribution in [0.1, 0.15) is 48.0 Å². The van der Waals surface area contributed by atoms with Crippen LogP contribution < -0.4 is 10.2 Å². The minimum Gasteiger partial charge on any atom is -0.372 e. The normalized spacial score (nSPS) is 19.9. The van der Waals surface area contributed by atoms with Crippen LogP contribution in [0.4, 0.5) is 5.69 Å². The molecule has 2 aliphatic heterocycles. The summed E-state index contributed by atoms with van der Waals surface area (Å²) in [6.45, 7) is 6.76. The van der Waals surface area contributed by atoms with Crippen LogP contribution in [0.2, 0.25) is 0 Å². The van der Waals surface area contributed by atoms with Gasteiger partial charge in [-0.2, -0.15) is 0 Å². The molecular weight excluding hydrogens is 310 g/mol.